The first-order valence-electron chi connectivity index (χ1n) is 8.17. The van der Waals surface area contributed by atoms with Gasteiger partial charge in [-0.25, -0.2) is 9.59 Å². The molecule has 0 unspecified atom stereocenters. The fraction of sp³-hybridized carbons (Fsp3) is 0.500. The number of benzene rings is 1. The van der Waals surface area contributed by atoms with Crippen LogP contribution in [0.3, 0.4) is 0 Å². The van der Waals surface area contributed by atoms with Crippen LogP contribution in [0.5, 0.6) is 5.75 Å². The van der Waals surface area contributed by atoms with Gasteiger partial charge in [-0.15, -0.1) is 4.99 Å². The molecule has 0 saturated heterocycles. The van der Waals surface area contributed by atoms with E-state index in [0.29, 0.717) is 0 Å². The van der Waals surface area contributed by atoms with Gasteiger partial charge in [0.2, 0.25) is 5.96 Å². The second-order valence-corrected chi connectivity index (χ2v) is 7.59. The maximum Gasteiger partial charge on any atom is 0.437 e. The van der Waals surface area contributed by atoms with E-state index in [9.17, 15) is 14.7 Å². The monoisotopic (exact) mass is 365 g/mol. The topological polar surface area (TPSA) is 109 Å². The lowest BCUT2D eigenvalue weighted by atomic mass is 10.2. The second kappa shape index (κ2) is 8.55. The number of phenolic OH excluding ortho intramolecular Hbond substituents is 1. The van der Waals surface area contributed by atoms with E-state index in [2.05, 4.69) is 15.6 Å². The number of hydrogen-bond donors (Lipinski definition) is 3. The van der Waals surface area contributed by atoms with Crippen LogP contribution in [0.2, 0.25) is 0 Å². The molecule has 0 saturated carbocycles. The number of carbonyl (C=O) groups is 2. The van der Waals surface area contributed by atoms with E-state index in [4.69, 9.17) is 9.47 Å². The average molecular weight is 365 g/mol. The Balaban J connectivity index is 2.84. The summed E-state index contributed by atoms with van der Waals surface area (Å²) in [5.74, 6) is 0.0462. The van der Waals surface area contributed by atoms with Gasteiger partial charge in [-0.1, -0.05) is 12.1 Å². The number of nitrogens with one attached hydrogen (secondary N) is 2. The van der Waals surface area contributed by atoms with E-state index < -0.39 is 23.4 Å². The summed E-state index contributed by atoms with van der Waals surface area (Å²) < 4.78 is 10.3. The van der Waals surface area contributed by atoms with Gasteiger partial charge in [0.25, 0.3) is 0 Å². The normalized spacial score (nSPS) is 12.3. The van der Waals surface area contributed by atoms with Gasteiger partial charge in [-0.2, -0.15) is 0 Å². The van der Waals surface area contributed by atoms with Crippen molar-refractivity contribution in [3.05, 3.63) is 29.8 Å². The molecule has 8 heteroatoms. The highest BCUT2D eigenvalue weighted by Crippen LogP contribution is 2.10. The van der Waals surface area contributed by atoms with E-state index in [0.717, 1.165) is 5.56 Å². The Hall–Kier alpha value is -2.77. The van der Waals surface area contributed by atoms with Crippen molar-refractivity contribution in [2.24, 2.45) is 4.99 Å². The van der Waals surface area contributed by atoms with Gasteiger partial charge in [0.05, 0.1) is 0 Å². The lowest BCUT2D eigenvalue weighted by molar-refractivity contribution is 0.0560. The van der Waals surface area contributed by atoms with E-state index in [1.807, 2.05) is 0 Å². The summed E-state index contributed by atoms with van der Waals surface area (Å²) in [6.45, 7) is 10.6. The van der Waals surface area contributed by atoms with Crippen molar-refractivity contribution >= 4 is 18.1 Å². The minimum atomic E-state index is -0.846. The minimum Gasteiger partial charge on any atom is -0.508 e. The number of ether oxygens (including phenoxy) is 2. The molecule has 1 aromatic rings. The molecule has 0 heterocycles. The molecule has 26 heavy (non-hydrogen) atoms. The lowest BCUT2D eigenvalue weighted by Crippen LogP contribution is -2.44. The summed E-state index contributed by atoms with van der Waals surface area (Å²) >= 11 is 0. The Kier molecular flexibility index (Phi) is 7.00. The van der Waals surface area contributed by atoms with Crippen molar-refractivity contribution < 1.29 is 24.2 Å². The first-order chi connectivity index (χ1) is 11.8. The smallest absolute Gasteiger partial charge is 0.437 e. The molecular weight excluding hydrogens is 338 g/mol. The molecule has 2 amide bonds. The number of phenols is 1. The molecule has 0 spiro atoms. The molecule has 3 N–H and O–H groups in total. The number of nitrogens with zero attached hydrogens (tertiary/aromatic N) is 1. The van der Waals surface area contributed by atoms with Crippen LogP contribution in [0.4, 0.5) is 9.59 Å². The second-order valence-electron chi connectivity index (χ2n) is 7.59. The first kappa shape index (κ1) is 21.3. The van der Waals surface area contributed by atoms with Crippen LogP contribution in [-0.4, -0.2) is 34.5 Å². The zero-order chi connectivity index (χ0) is 20.0. The highest BCUT2D eigenvalue weighted by atomic mass is 16.6. The van der Waals surface area contributed by atoms with Crippen molar-refractivity contribution in [2.45, 2.75) is 59.3 Å². The summed E-state index contributed by atoms with van der Waals surface area (Å²) in [4.78, 5) is 27.6. The third kappa shape index (κ3) is 9.51. The fourth-order valence-electron chi connectivity index (χ4n) is 1.69. The highest BCUT2D eigenvalue weighted by molar-refractivity contribution is 5.98. The maximum absolute atomic E-state index is 12.0. The predicted molar refractivity (Wildman–Crippen MR) is 98.0 cm³/mol. The van der Waals surface area contributed by atoms with Crippen molar-refractivity contribution in [3.63, 3.8) is 0 Å². The van der Waals surface area contributed by atoms with Gasteiger partial charge in [0, 0.05) is 6.54 Å². The predicted octanol–water partition coefficient (Wildman–Crippen LogP) is 3.30. The zero-order valence-electron chi connectivity index (χ0n) is 16.0. The summed E-state index contributed by atoms with van der Waals surface area (Å²) in [7, 11) is 0. The van der Waals surface area contributed by atoms with Crippen LogP contribution >= 0.6 is 0 Å². The van der Waals surface area contributed by atoms with Crippen LogP contribution in [0.1, 0.15) is 47.1 Å². The molecule has 0 atom stereocenters. The third-order valence-corrected chi connectivity index (χ3v) is 2.61. The van der Waals surface area contributed by atoms with Crippen LogP contribution in [0.15, 0.2) is 29.3 Å². The Morgan fingerprint density at radius 3 is 2.04 bits per heavy atom. The molecule has 0 aliphatic carbocycles. The number of hydrogen-bond acceptors (Lipinski definition) is 5. The van der Waals surface area contributed by atoms with Crippen molar-refractivity contribution in [1.29, 1.82) is 0 Å². The fourth-order valence-corrected chi connectivity index (χ4v) is 1.69. The quantitative estimate of drug-likeness (QED) is 0.548. The number of aliphatic imine (C=N–C) groups is 1. The number of amides is 2. The van der Waals surface area contributed by atoms with Crippen molar-refractivity contribution in [3.8, 4) is 5.75 Å². The molecule has 0 aromatic heterocycles. The molecule has 144 valence electrons. The standard InChI is InChI=1S/C18H27N3O5/c1-17(2,3)25-15(23)20-14(21-16(24)26-18(4,5)6)19-11-12-7-9-13(22)10-8-12/h7-10,22H,11H2,1-6H3,(H2,19,20,21,23,24). The molecule has 1 aromatic carbocycles. The van der Waals surface area contributed by atoms with Crippen molar-refractivity contribution in [1.82, 2.24) is 10.6 Å². The van der Waals surface area contributed by atoms with E-state index in [1.165, 1.54) is 12.1 Å². The Morgan fingerprint density at radius 1 is 1.00 bits per heavy atom. The van der Waals surface area contributed by atoms with Crippen molar-refractivity contribution in [2.75, 3.05) is 0 Å². The number of aromatic hydroxyl groups is 1. The molecular formula is C18H27N3O5. The van der Waals surface area contributed by atoms with Crippen LogP contribution in [-0.2, 0) is 16.0 Å². The molecule has 0 bridgehead atoms. The molecule has 0 aliphatic heterocycles. The molecule has 0 aliphatic rings. The van der Waals surface area contributed by atoms with Crippen LogP contribution in [0, 0.1) is 0 Å². The Labute approximate surface area is 153 Å². The van der Waals surface area contributed by atoms with Crippen LogP contribution < -0.4 is 10.6 Å². The Bertz CT molecular complexity index is 655. The van der Waals surface area contributed by atoms with Crippen LogP contribution in [0.25, 0.3) is 0 Å². The summed E-state index contributed by atoms with van der Waals surface area (Å²) in [6, 6.07) is 6.45. The zero-order valence-corrected chi connectivity index (χ0v) is 16.0. The van der Waals surface area contributed by atoms with Gasteiger partial charge in [0.15, 0.2) is 0 Å². The average Bonchev–Trinajstić information content (AvgIpc) is 2.42. The SMILES string of the molecule is CC(C)(C)OC(=O)/N=C(\NCc1ccc(O)cc1)NC(=O)OC(C)(C)C. The largest absolute Gasteiger partial charge is 0.508 e. The van der Waals surface area contributed by atoms with E-state index in [1.54, 1.807) is 53.7 Å². The van der Waals surface area contributed by atoms with Gasteiger partial charge in [0.1, 0.15) is 17.0 Å². The number of carbonyl (C=O) groups excluding carboxylic acids is 2. The third-order valence-electron chi connectivity index (χ3n) is 2.61. The molecule has 1 rings (SSSR count). The maximum atomic E-state index is 12.0. The summed E-state index contributed by atoms with van der Waals surface area (Å²) in [5, 5.41) is 14.6. The first-order valence-corrected chi connectivity index (χ1v) is 8.17. The molecule has 0 radical (unpaired) electrons. The van der Waals surface area contributed by atoms with Gasteiger partial charge >= 0.3 is 12.2 Å². The van der Waals surface area contributed by atoms with Gasteiger partial charge < -0.3 is 19.9 Å². The number of alkyl carbamates (subject to hydrolysis) is 1. The molecule has 8 nitrogen and oxygen atoms in total. The van der Waals surface area contributed by atoms with Gasteiger partial charge in [-0.3, -0.25) is 5.32 Å². The molecule has 0 fully saturated rings. The summed E-state index contributed by atoms with van der Waals surface area (Å²) in [5.41, 5.74) is -0.599. The Morgan fingerprint density at radius 2 is 1.54 bits per heavy atom. The number of guanidine groups is 1. The summed E-state index contributed by atoms with van der Waals surface area (Å²) in [6.07, 6.45) is -1.60. The minimum absolute atomic E-state index is 0.0958. The van der Waals surface area contributed by atoms with Gasteiger partial charge in [-0.05, 0) is 59.2 Å². The van der Waals surface area contributed by atoms with E-state index in [-0.39, 0.29) is 18.3 Å². The highest BCUT2D eigenvalue weighted by Gasteiger charge is 2.20. The van der Waals surface area contributed by atoms with E-state index >= 15 is 0 Å². The number of rotatable bonds is 2. The lowest BCUT2D eigenvalue weighted by Gasteiger charge is -2.21.